The first-order chi connectivity index (χ1) is 9.13. The Morgan fingerprint density at radius 3 is 2.63 bits per heavy atom. The van der Waals surface area contributed by atoms with Crippen LogP contribution in [0.15, 0.2) is 35.7 Å². The van der Waals surface area contributed by atoms with Crippen molar-refractivity contribution in [3.8, 4) is 0 Å². The Hall–Kier alpha value is -2.01. The van der Waals surface area contributed by atoms with Gasteiger partial charge in [-0.1, -0.05) is 19.1 Å². The van der Waals surface area contributed by atoms with E-state index in [9.17, 15) is 14.0 Å². The van der Waals surface area contributed by atoms with E-state index in [1.807, 2.05) is 0 Å². The summed E-state index contributed by atoms with van der Waals surface area (Å²) in [4.78, 5) is 23.6. The van der Waals surface area contributed by atoms with Crippen molar-refractivity contribution in [2.24, 2.45) is 0 Å². The zero-order valence-electron chi connectivity index (χ0n) is 10.3. The number of benzene rings is 1. The molecule has 2 rings (SSSR count). The fraction of sp³-hybridized carbons (Fsp3) is 0.143. The van der Waals surface area contributed by atoms with Crippen LogP contribution in [-0.2, 0) is 4.79 Å². The number of amides is 1. The maximum absolute atomic E-state index is 13.6. The molecule has 0 radical (unpaired) electrons. The van der Waals surface area contributed by atoms with Crippen LogP contribution in [0.4, 0.5) is 9.39 Å². The van der Waals surface area contributed by atoms with Crippen LogP contribution in [0.5, 0.6) is 0 Å². The summed E-state index contributed by atoms with van der Waals surface area (Å²) >= 11 is 1.25. The summed E-state index contributed by atoms with van der Waals surface area (Å²) in [6, 6.07) is 7.39. The summed E-state index contributed by atoms with van der Waals surface area (Å²) in [5.41, 5.74) is 0.324. The lowest BCUT2D eigenvalue weighted by Crippen LogP contribution is -2.12. The number of anilines is 1. The second-order valence-electron chi connectivity index (χ2n) is 3.87. The average molecular weight is 277 g/mol. The Labute approximate surface area is 114 Å². The van der Waals surface area contributed by atoms with Gasteiger partial charge in [0.15, 0.2) is 5.78 Å². The van der Waals surface area contributed by atoms with Gasteiger partial charge in [0.1, 0.15) is 10.8 Å². The number of ketones is 1. The highest BCUT2D eigenvalue weighted by molar-refractivity contribution is 7.14. The van der Waals surface area contributed by atoms with Gasteiger partial charge >= 0.3 is 0 Å². The van der Waals surface area contributed by atoms with Crippen molar-refractivity contribution in [3.05, 3.63) is 52.7 Å². The third-order valence-electron chi connectivity index (χ3n) is 2.60. The number of thiophene rings is 1. The Balaban J connectivity index is 2.33. The number of rotatable bonds is 4. The predicted octanol–water partition coefficient (Wildman–Crippen LogP) is 3.47. The van der Waals surface area contributed by atoms with Gasteiger partial charge in [0.2, 0.25) is 5.91 Å². The van der Waals surface area contributed by atoms with Gasteiger partial charge in [-0.25, -0.2) is 4.39 Å². The molecule has 98 valence electrons. The van der Waals surface area contributed by atoms with E-state index >= 15 is 0 Å². The minimum atomic E-state index is -0.563. The monoisotopic (exact) mass is 277 g/mol. The summed E-state index contributed by atoms with van der Waals surface area (Å²) in [6.07, 6.45) is 0.325. The highest BCUT2D eigenvalue weighted by Gasteiger charge is 2.18. The van der Waals surface area contributed by atoms with Gasteiger partial charge in [0.25, 0.3) is 0 Å². The van der Waals surface area contributed by atoms with Gasteiger partial charge in [-0.2, -0.15) is 0 Å². The van der Waals surface area contributed by atoms with E-state index < -0.39 is 11.6 Å². The smallest absolute Gasteiger partial charge is 0.224 e. The largest absolute Gasteiger partial charge is 0.317 e. The van der Waals surface area contributed by atoms with Crippen LogP contribution in [0.1, 0.15) is 29.3 Å². The fourth-order valence-corrected chi connectivity index (χ4v) is 2.39. The molecule has 0 saturated heterocycles. The molecule has 5 heteroatoms. The SMILES string of the molecule is CCC(=O)Nc1sccc1C(=O)c1ccccc1F. The van der Waals surface area contributed by atoms with Crippen molar-refractivity contribution in [3.63, 3.8) is 0 Å². The van der Waals surface area contributed by atoms with E-state index in [1.54, 1.807) is 24.4 Å². The summed E-state index contributed by atoms with van der Waals surface area (Å²) in [5, 5.41) is 4.80. The number of carbonyl (C=O) groups excluding carboxylic acids is 2. The molecule has 2 aromatic rings. The van der Waals surface area contributed by atoms with Gasteiger partial charge in [-0.05, 0) is 23.6 Å². The zero-order chi connectivity index (χ0) is 13.8. The molecule has 0 bridgehead atoms. The van der Waals surface area contributed by atoms with E-state index in [2.05, 4.69) is 5.32 Å². The van der Waals surface area contributed by atoms with E-state index in [1.165, 1.54) is 29.5 Å². The molecule has 0 aliphatic carbocycles. The van der Waals surface area contributed by atoms with Crippen LogP contribution in [-0.4, -0.2) is 11.7 Å². The lowest BCUT2D eigenvalue weighted by molar-refractivity contribution is -0.115. The molecule has 0 aliphatic heterocycles. The topological polar surface area (TPSA) is 46.2 Å². The summed E-state index contributed by atoms with van der Waals surface area (Å²) in [6.45, 7) is 1.72. The number of halogens is 1. The highest BCUT2D eigenvalue weighted by Crippen LogP contribution is 2.26. The molecule has 1 heterocycles. The second kappa shape index (κ2) is 5.75. The third-order valence-corrected chi connectivity index (χ3v) is 3.43. The van der Waals surface area contributed by atoms with E-state index in [0.29, 0.717) is 17.0 Å². The van der Waals surface area contributed by atoms with Crippen molar-refractivity contribution in [1.29, 1.82) is 0 Å². The molecular weight excluding hydrogens is 265 g/mol. The molecule has 1 amide bonds. The fourth-order valence-electron chi connectivity index (χ4n) is 1.59. The molecule has 1 N–H and O–H groups in total. The Bertz CT molecular complexity index is 621. The summed E-state index contributed by atoms with van der Waals surface area (Å²) in [7, 11) is 0. The molecule has 1 aromatic carbocycles. The summed E-state index contributed by atoms with van der Waals surface area (Å²) in [5.74, 6) is -1.16. The normalized spacial score (nSPS) is 10.2. The van der Waals surface area contributed by atoms with Crippen molar-refractivity contribution in [2.75, 3.05) is 5.32 Å². The number of carbonyl (C=O) groups is 2. The van der Waals surface area contributed by atoms with Crippen LogP contribution in [0.3, 0.4) is 0 Å². The zero-order valence-corrected chi connectivity index (χ0v) is 11.1. The van der Waals surface area contributed by atoms with Gasteiger partial charge in [0.05, 0.1) is 11.1 Å². The van der Waals surface area contributed by atoms with E-state index in [-0.39, 0.29) is 11.5 Å². The molecule has 3 nitrogen and oxygen atoms in total. The quantitative estimate of drug-likeness (QED) is 0.870. The lowest BCUT2D eigenvalue weighted by Gasteiger charge is -2.05. The molecule has 0 fully saturated rings. The van der Waals surface area contributed by atoms with E-state index in [4.69, 9.17) is 0 Å². The van der Waals surface area contributed by atoms with Gasteiger partial charge in [-0.3, -0.25) is 9.59 Å². The first kappa shape index (κ1) is 13.4. The number of hydrogen-bond donors (Lipinski definition) is 1. The maximum atomic E-state index is 13.6. The first-order valence-corrected chi connectivity index (χ1v) is 6.68. The molecule has 0 aliphatic rings. The minimum absolute atomic E-state index is 0.00731. The van der Waals surface area contributed by atoms with Crippen LogP contribution in [0, 0.1) is 5.82 Å². The third kappa shape index (κ3) is 2.88. The second-order valence-corrected chi connectivity index (χ2v) is 4.79. The standard InChI is InChI=1S/C14H12FNO2S/c1-2-12(17)16-14-10(7-8-19-14)13(18)9-5-3-4-6-11(9)15/h3-8H,2H2,1H3,(H,16,17). The minimum Gasteiger partial charge on any atom is -0.317 e. The highest BCUT2D eigenvalue weighted by atomic mass is 32.1. The van der Waals surface area contributed by atoms with Crippen LogP contribution >= 0.6 is 11.3 Å². The molecule has 0 unspecified atom stereocenters. The van der Waals surface area contributed by atoms with Crippen molar-refractivity contribution in [2.45, 2.75) is 13.3 Å². The number of hydrogen-bond acceptors (Lipinski definition) is 3. The molecule has 1 aromatic heterocycles. The Morgan fingerprint density at radius 1 is 1.21 bits per heavy atom. The van der Waals surface area contributed by atoms with Gasteiger partial charge in [-0.15, -0.1) is 11.3 Å². The van der Waals surface area contributed by atoms with Crippen molar-refractivity contribution >= 4 is 28.0 Å². The Morgan fingerprint density at radius 2 is 1.95 bits per heavy atom. The van der Waals surface area contributed by atoms with Crippen LogP contribution in [0.25, 0.3) is 0 Å². The van der Waals surface area contributed by atoms with Crippen molar-refractivity contribution < 1.29 is 14.0 Å². The average Bonchev–Trinajstić information content (AvgIpc) is 2.86. The van der Waals surface area contributed by atoms with Gasteiger partial charge < -0.3 is 5.32 Å². The molecule has 0 saturated carbocycles. The predicted molar refractivity (Wildman–Crippen MR) is 73.1 cm³/mol. The van der Waals surface area contributed by atoms with Crippen LogP contribution < -0.4 is 5.32 Å². The molecule has 19 heavy (non-hydrogen) atoms. The van der Waals surface area contributed by atoms with Crippen molar-refractivity contribution in [1.82, 2.24) is 0 Å². The van der Waals surface area contributed by atoms with E-state index in [0.717, 1.165) is 0 Å². The number of nitrogens with one attached hydrogen (secondary N) is 1. The maximum Gasteiger partial charge on any atom is 0.224 e. The summed E-state index contributed by atoms with van der Waals surface area (Å²) < 4.78 is 13.6. The Kier molecular flexibility index (Phi) is 4.06. The molecule has 0 atom stereocenters. The first-order valence-electron chi connectivity index (χ1n) is 5.80. The molecule has 0 spiro atoms. The lowest BCUT2D eigenvalue weighted by atomic mass is 10.1. The molecular formula is C14H12FNO2S. The van der Waals surface area contributed by atoms with Gasteiger partial charge in [0, 0.05) is 6.42 Å². The van der Waals surface area contributed by atoms with Crippen LogP contribution in [0.2, 0.25) is 0 Å².